The first kappa shape index (κ1) is 17.0. The van der Waals surface area contributed by atoms with E-state index in [1.165, 1.54) is 0 Å². The lowest BCUT2D eigenvalue weighted by molar-refractivity contribution is -0.141. The van der Waals surface area contributed by atoms with Gasteiger partial charge >= 0.3 is 5.97 Å². The van der Waals surface area contributed by atoms with Crippen molar-refractivity contribution in [1.29, 1.82) is 0 Å². The second kappa shape index (κ2) is 7.74. The highest BCUT2D eigenvalue weighted by Gasteiger charge is 2.21. The number of hydrogen-bond donors (Lipinski definition) is 3. The number of carboxylic acids is 1. The number of carboxylic acid groups (broad SMARTS) is 1. The highest BCUT2D eigenvalue weighted by Crippen LogP contribution is 2.23. The molecule has 2 aromatic rings. The number of fused-ring (bicyclic) bond motifs is 1. The smallest absolute Gasteiger partial charge is 0.321 e. The predicted octanol–water partition coefficient (Wildman–Crippen LogP) is 2.87. The Morgan fingerprint density at radius 3 is 2.48 bits per heavy atom. The Labute approximate surface area is 135 Å². The lowest BCUT2D eigenvalue weighted by Crippen LogP contribution is -2.41. The van der Waals surface area contributed by atoms with Crippen molar-refractivity contribution < 1.29 is 14.7 Å². The molecule has 0 heterocycles. The normalized spacial score (nSPS) is 12.3. The van der Waals surface area contributed by atoms with Gasteiger partial charge in [0.15, 0.2) is 0 Å². The summed E-state index contributed by atoms with van der Waals surface area (Å²) in [6, 6.07) is 12.5. The maximum atomic E-state index is 12.2. The molecule has 122 valence electrons. The van der Waals surface area contributed by atoms with E-state index in [2.05, 4.69) is 10.6 Å². The summed E-state index contributed by atoms with van der Waals surface area (Å²) in [4.78, 5) is 23.5. The molecule has 0 radical (unpaired) electrons. The Kier molecular flexibility index (Phi) is 5.71. The van der Waals surface area contributed by atoms with Crippen molar-refractivity contribution in [3.63, 3.8) is 0 Å². The van der Waals surface area contributed by atoms with Crippen LogP contribution in [0.1, 0.15) is 20.3 Å². The van der Waals surface area contributed by atoms with Crippen molar-refractivity contribution in [3.05, 3.63) is 42.5 Å². The van der Waals surface area contributed by atoms with Crippen molar-refractivity contribution in [2.24, 2.45) is 5.92 Å². The molecule has 0 spiro atoms. The van der Waals surface area contributed by atoms with E-state index in [1.54, 1.807) is 0 Å². The summed E-state index contributed by atoms with van der Waals surface area (Å²) in [5.41, 5.74) is 0.695. The van der Waals surface area contributed by atoms with Crippen LogP contribution in [0.15, 0.2) is 42.5 Å². The van der Waals surface area contributed by atoms with Crippen LogP contribution in [0.5, 0.6) is 0 Å². The summed E-state index contributed by atoms with van der Waals surface area (Å²) >= 11 is 0. The van der Waals surface area contributed by atoms with E-state index in [4.69, 9.17) is 0 Å². The van der Waals surface area contributed by atoms with E-state index < -0.39 is 12.0 Å². The van der Waals surface area contributed by atoms with E-state index in [9.17, 15) is 14.7 Å². The van der Waals surface area contributed by atoms with Crippen LogP contribution in [-0.2, 0) is 9.59 Å². The molecule has 0 unspecified atom stereocenters. The van der Waals surface area contributed by atoms with Crippen molar-refractivity contribution in [3.8, 4) is 0 Å². The van der Waals surface area contributed by atoms with Crippen LogP contribution >= 0.6 is 0 Å². The fourth-order valence-electron chi connectivity index (χ4n) is 2.35. The number of carbonyl (C=O) groups is 2. The number of benzene rings is 2. The molecule has 5 heteroatoms. The summed E-state index contributed by atoms with van der Waals surface area (Å²) in [7, 11) is 0. The van der Waals surface area contributed by atoms with Gasteiger partial charge in [-0.2, -0.15) is 0 Å². The third-order valence-corrected chi connectivity index (χ3v) is 3.52. The molecule has 0 bridgehead atoms. The van der Waals surface area contributed by atoms with Gasteiger partial charge in [-0.3, -0.25) is 9.59 Å². The summed E-state index contributed by atoms with van der Waals surface area (Å²) in [6.07, 6.45) is -0.106. The van der Waals surface area contributed by atoms with Crippen LogP contribution in [0.2, 0.25) is 0 Å². The molecular weight excluding hydrogens is 292 g/mol. The molecular formula is C18H22N2O3. The van der Waals surface area contributed by atoms with Gasteiger partial charge in [0.05, 0.1) is 6.42 Å². The second-order valence-electron chi connectivity index (χ2n) is 5.97. The lowest BCUT2D eigenvalue weighted by Gasteiger charge is -2.16. The molecule has 3 N–H and O–H groups in total. The maximum absolute atomic E-state index is 12.2. The largest absolute Gasteiger partial charge is 0.480 e. The summed E-state index contributed by atoms with van der Waals surface area (Å²) < 4.78 is 0. The Balaban J connectivity index is 2.06. The average Bonchev–Trinajstić information content (AvgIpc) is 2.51. The molecule has 0 aliphatic heterocycles. The van der Waals surface area contributed by atoms with Crippen LogP contribution in [0, 0.1) is 5.92 Å². The minimum atomic E-state index is -1.02. The molecule has 1 amide bonds. The van der Waals surface area contributed by atoms with Crippen LogP contribution < -0.4 is 10.6 Å². The summed E-state index contributed by atoms with van der Waals surface area (Å²) in [5, 5.41) is 16.9. The van der Waals surface area contributed by atoms with Gasteiger partial charge in [0.2, 0.25) is 5.91 Å². The van der Waals surface area contributed by atoms with Gasteiger partial charge in [0.25, 0.3) is 0 Å². The Bertz CT molecular complexity index is 692. The minimum absolute atomic E-state index is 0.106. The topological polar surface area (TPSA) is 78.4 Å². The Morgan fingerprint density at radius 1 is 1.09 bits per heavy atom. The quantitative estimate of drug-likeness (QED) is 0.734. The number of nitrogens with one attached hydrogen (secondary N) is 2. The predicted molar refractivity (Wildman–Crippen MR) is 91.5 cm³/mol. The van der Waals surface area contributed by atoms with Crippen molar-refractivity contribution >= 4 is 28.3 Å². The minimum Gasteiger partial charge on any atom is -0.480 e. The number of carbonyl (C=O) groups excluding carboxylic acids is 1. The lowest BCUT2D eigenvalue weighted by atomic mass is 10.1. The Hall–Kier alpha value is -2.40. The monoisotopic (exact) mass is 314 g/mol. The van der Waals surface area contributed by atoms with Gasteiger partial charge in [-0.15, -0.1) is 0 Å². The SMILES string of the molecule is CC(C)CN[C@@H](CC(=O)Nc1cccc2ccccc12)C(=O)O. The molecule has 0 aromatic heterocycles. The van der Waals surface area contributed by atoms with E-state index in [0.717, 1.165) is 10.8 Å². The van der Waals surface area contributed by atoms with Crippen molar-refractivity contribution in [1.82, 2.24) is 5.32 Å². The zero-order chi connectivity index (χ0) is 16.8. The molecule has 2 aromatic carbocycles. The summed E-state index contributed by atoms with van der Waals surface area (Å²) in [6.45, 7) is 4.53. The first-order chi connectivity index (χ1) is 11.0. The molecule has 2 rings (SSSR count). The van der Waals surface area contributed by atoms with E-state index in [1.807, 2.05) is 56.3 Å². The van der Waals surface area contributed by atoms with Crippen LogP contribution in [-0.4, -0.2) is 29.6 Å². The number of hydrogen-bond acceptors (Lipinski definition) is 3. The summed E-state index contributed by atoms with van der Waals surface area (Å²) in [5.74, 6) is -1.01. The van der Waals surface area contributed by atoms with Gasteiger partial charge in [-0.1, -0.05) is 50.2 Å². The van der Waals surface area contributed by atoms with Crippen LogP contribution in [0.25, 0.3) is 10.8 Å². The number of amides is 1. The van der Waals surface area contributed by atoms with E-state index >= 15 is 0 Å². The maximum Gasteiger partial charge on any atom is 0.321 e. The standard InChI is InChI=1S/C18H22N2O3/c1-12(2)11-19-16(18(22)23)10-17(21)20-15-9-5-7-13-6-3-4-8-14(13)15/h3-9,12,16,19H,10-11H2,1-2H3,(H,20,21)(H,22,23)/t16-/m0/s1. The molecule has 0 aliphatic rings. The molecule has 0 aliphatic carbocycles. The second-order valence-corrected chi connectivity index (χ2v) is 5.97. The van der Waals surface area contributed by atoms with Gasteiger partial charge < -0.3 is 15.7 Å². The number of anilines is 1. The first-order valence-corrected chi connectivity index (χ1v) is 7.71. The number of rotatable bonds is 7. The van der Waals surface area contributed by atoms with E-state index in [-0.39, 0.29) is 12.3 Å². The van der Waals surface area contributed by atoms with Gasteiger partial charge in [0, 0.05) is 11.1 Å². The molecule has 5 nitrogen and oxygen atoms in total. The number of aliphatic carboxylic acids is 1. The zero-order valence-corrected chi connectivity index (χ0v) is 13.4. The van der Waals surface area contributed by atoms with Crippen LogP contribution in [0.3, 0.4) is 0 Å². The third-order valence-electron chi connectivity index (χ3n) is 3.52. The highest BCUT2D eigenvalue weighted by atomic mass is 16.4. The van der Waals surface area contributed by atoms with Crippen molar-refractivity contribution in [2.75, 3.05) is 11.9 Å². The van der Waals surface area contributed by atoms with Crippen LogP contribution in [0.4, 0.5) is 5.69 Å². The molecule has 23 heavy (non-hydrogen) atoms. The fourth-order valence-corrected chi connectivity index (χ4v) is 2.35. The van der Waals surface area contributed by atoms with Gasteiger partial charge in [-0.05, 0) is 23.9 Å². The van der Waals surface area contributed by atoms with Crippen molar-refractivity contribution in [2.45, 2.75) is 26.3 Å². The average molecular weight is 314 g/mol. The van der Waals surface area contributed by atoms with Gasteiger partial charge in [0.1, 0.15) is 6.04 Å². The third kappa shape index (κ3) is 4.79. The van der Waals surface area contributed by atoms with Gasteiger partial charge in [-0.25, -0.2) is 0 Å². The Morgan fingerprint density at radius 2 is 1.78 bits per heavy atom. The molecule has 1 atom stereocenters. The van der Waals surface area contributed by atoms with E-state index in [0.29, 0.717) is 18.2 Å². The molecule has 0 saturated heterocycles. The molecule has 0 saturated carbocycles. The highest BCUT2D eigenvalue weighted by molar-refractivity contribution is 6.03. The molecule has 0 fully saturated rings. The zero-order valence-electron chi connectivity index (χ0n) is 13.4. The first-order valence-electron chi connectivity index (χ1n) is 7.71. The fraction of sp³-hybridized carbons (Fsp3) is 0.333.